The number of anilines is 3. The third-order valence-corrected chi connectivity index (χ3v) is 3.46. The summed E-state index contributed by atoms with van der Waals surface area (Å²) >= 11 is 5.66. The molecule has 1 atom stereocenters. The van der Waals surface area contributed by atoms with Gasteiger partial charge in [-0.2, -0.15) is 13.2 Å². The van der Waals surface area contributed by atoms with Crippen LogP contribution < -0.4 is 10.6 Å². The van der Waals surface area contributed by atoms with Gasteiger partial charge in [0.1, 0.15) is 18.0 Å². The SMILES string of the molecule is CCC(C)Nc1cc(Nc2ccc(Cl)cc2C(F)(F)F)ncn1. The number of alkyl halides is 3. The minimum Gasteiger partial charge on any atom is -0.367 e. The van der Waals surface area contributed by atoms with E-state index in [2.05, 4.69) is 20.6 Å². The van der Waals surface area contributed by atoms with E-state index in [0.29, 0.717) is 5.82 Å². The van der Waals surface area contributed by atoms with Crippen molar-refractivity contribution in [3.8, 4) is 0 Å². The lowest BCUT2D eigenvalue weighted by Crippen LogP contribution is -2.15. The predicted octanol–water partition coefficient (Wildman–Crippen LogP) is 5.10. The second kappa shape index (κ2) is 7.04. The lowest BCUT2D eigenvalue weighted by Gasteiger charge is -2.16. The monoisotopic (exact) mass is 344 g/mol. The van der Waals surface area contributed by atoms with Gasteiger partial charge in [-0.3, -0.25) is 0 Å². The van der Waals surface area contributed by atoms with Crippen molar-refractivity contribution < 1.29 is 13.2 Å². The summed E-state index contributed by atoms with van der Waals surface area (Å²) in [5, 5.41) is 5.82. The topological polar surface area (TPSA) is 49.8 Å². The zero-order valence-electron chi connectivity index (χ0n) is 12.6. The average Bonchev–Trinajstić information content (AvgIpc) is 2.48. The Hall–Kier alpha value is -2.02. The summed E-state index contributed by atoms with van der Waals surface area (Å²) in [6, 6.07) is 5.29. The number of nitrogens with one attached hydrogen (secondary N) is 2. The first kappa shape index (κ1) is 17.3. The molecule has 1 aromatic carbocycles. The van der Waals surface area contributed by atoms with E-state index >= 15 is 0 Å². The maximum absolute atomic E-state index is 13.1. The molecule has 0 fully saturated rings. The molecule has 2 N–H and O–H groups in total. The largest absolute Gasteiger partial charge is 0.418 e. The average molecular weight is 345 g/mol. The van der Waals surface area contributed by atoms with Crippen molar-refractivity contribution in [2.45, 2.75) is 32.5 Å². The van der Waals surface area contributed by atoms with Crippen molar-refractivity contribution in [2.75, 3.05) is 10.6 Å². The summed E-state index contributed by atoms with van der Waals surface area (Å²) in [7, 11) is 0. The van der Waals surface area contributed by atoms with E-state index in [4.69, 9.17) is 11.6 Å². The molecule has 2 aromatic rings. The molecule has 8 heteroatoms. The van der Waals surface area contributed by atoms with E-state index in [9.17, 15) is 13.2 Å². The highest BCUT2D eigenvalue weighted by Gasteiger charge is 2.33. The Balaban J connectivity index is 2.28. The molecule has 124 valence electrons. The maximum Gasteiger partial charge on any atom is 0.418 e. The second-order valence-corrected chi connectivity index (χ2v) is 5.49. The fourth-order valence-electron chi connectivity index (χ4n) is 1.86. The summed E-state index contributed by atoms with van der Waals surface area (Å²) < 4.78 is 39.3. The molecule has 4 nitrogen and oxygen atoms in total. The van der Waals surface area contributed by atoms with Crippen molar-refractivity contribution in [2.24, 2.45) is 0 Å². The zero-order chi connectivity index (χ0) is 17.0. The Kier molecular flexibility index (Phi) is 5.30. The molecule has 0 aliphatic carbocycles. The standard InChI is InChI=1S/C15H16ClF3N4/c1-3-9(2)22-13-7-14(21-8-20-13)23-12-5-4-10(16)6-11(12)15(17,18)19/h4-9H,3H2,1-2H3,(H2,20,21,22,23). The van der Waals surface area contributed by atoms with E-state index < -0.39 is 11.7 Å². The molecule has 1 unspecified atom stereocenters. The van der Waals surface area contributed by atoms with Crippen molar-refractivity contribution in [1.82, 2.24) is 9.97 Å². The van der Waals surface area contributed by atoms with Crippen LogP contribution >= 0.6 is 11.6 Å². The van der Waals surface area contributed by atoms with Gasteiger partial charge in [-0.05, 0) is 31.5 Å². The van der Waals surface area contributed by atoms with Crippen molar-refractivity contribution in [1.29, 1.82) is 0 Å². The van der Waals surface area contributed by atoms with Crippen LogP contribution in [0.4, 0.5) is 30.5 Å². The molecule has 2 rings (SSSR count). The number of rotatable bonds is 5. The molecule has 1 heterocycles. The number of hydrogen-bond acceptors (Lipinski definition) is 4. The van der Waals surface area contributed by atoms with Crippen LogP contribution in [0.3, 0.4) is 0 Å². The van der Waals surface area contributed by atoms with Crippen LogP contribution in [0.5, 0.6) is 0 Å². The summed E-state index contributed by atoms with van der Waals surface area (Å²) in [5.41, 5.74) is -0.963. The van der Waals surface area contributed by atoms with Gasteiger partial charge in [-0.15, -0.1) is 0 Å². The third kappa shape index (κ3) is 4.72. The Labute approximate surface area is 137 Å². The molecule has 0 radical (unpaired) electrons. The van der Waals surface area contributed by atoms with Crippen molar-refractivity contribution in [3.63, 3.8) is 0 Å². The number of nitrogens with zero attached hydrogens (tertiary/aromatic N) is 2. The smallest absolute Gasteiger partial charge is 0.367 e. The van der Waals surface area contributed by atoms with Crippen LogP contribution in [0.25, 0.3) is 0 Å². The predicted molar refractivity (Wildman–Crippen MR) is 85.1 cm³/mol. The van der Waals surface area contributed by atoms with Crippen LogP contribution in [0, 0.1) is 0 Å². The minimum absolute atomic E-state index is 0.0182. The van der Waals surface area contributed by atoms with Crippen LogP contribution in [0.2, 0.25) is 5.02 Å². The lowest BCUT2D eigenvalue weighted by atomic mass is 10.1. The first-order chi connectivity index (χ1) is 10.8. The summed E-state index contributed by atoms with van der Waals surface area (Å²) in [6.07, 6.45) is -2.34. The third-order valence-electron chi connectivity index (χ3n) is 3.22. The molecule has 0 amide bonds. The number of halogens is 4. The molecule has 0 spiro atoms. The lowest BCUT2D eigenvalue weighted by molar-refractivity contribution is -0.136. The van der Waals surface area contributed by atoms with E-state index in [1.807, 2.05) is 13.8 Å². The Morgan fingerprint density at radius 3 is 2.52 bits per heavy atom. The van der Waals surface area contributed by atoms with Gasteiger partial charge in [0.15, 0.2) is 0 Å². The molecule has 23 heavy (non-hydrogen) atoms. The van der Waals surface area contributed by atoms with Gasteiger partial charge >= 0.3 is 6.18 Å². The Bertz CT molecular complexity index is 676. The molecular weight excluding hydrogens is 329 g/mol. The zero-order valence-corrected chi connectivity index (χ0v) is 13.3. The summed E-state index contributed by atoms with van der Waals surface area (Å²) in [4.78, 5) is 8.00. The molecule has 0 bridgehead atoms. The number of benzene rings is 1. The summed E-state index contributed by atoms with van der Waals surface area (Å²) in [5.74, 6) is 0.804. The van der Waals surface area contributed by atoms with Gasteiger partial charge in [0.2, 0.25) is 0 Å². The summed E-state index contributed by atoms with van der Waals surface area (Å²) in [6.45, 7) is 4.00. The van der Waals surface area contributed by atoms with E-state index in [1.54, 1.807) is 6.07 Å². The van der Waals surface area contributed by atoms with E-state index in [-0.39, 0.29) is 22.6 Å². The fourth-order valence-corrected chi connectivity index (χ4v) is 2.03. The van der Waals surface area contributed by atoms with Crippen LogP contribution in [-0.2, 0) is 6.18 Å². The highest BCUT2D eigenvalue weighted by atomic mass is 35.5. The van der Waals surface area contributed by atoms with Crippen LogP contribution in [-0.4, -0.2) is 16.0 Å². The van der Waals surface area contributed by atoms with Gasteiger partial charge in [0.25, 0.3) is 0 Å². The van der Waals surface area contributed by atoms with Crippen molar-refractivity contribution in [3.05, 3.63) is 41.2 Å². The van der Waals surface area contributed by atoms with Gasteiger partial charge in [0.05, 0.1) is 11.3 Å². The van der Waals surface area contributed by atoms with E-state index in [1.165, 1.54) is 18.5 Å². The highest BCUT2D eigenvalue weighted by Crippen LogP contribution is 2.37. The number of hydrogen-bond donors (Lipinski definition) is 2. The van der Waals surface area contributed by atoms with Gasteiger partial charge < -0.3 is 10.6 Å². The minimum atomic E-state index is -4.52. The highest BCUT2D eigenvalue weighted by molar-refractivity contribution is 6.30. The van der Waals surface area contributed by atoms with Crippen LogP contribution in [0.15, 0.2) is 30.6 Å². The molecular formula is C15H16ClF3N4. The maximum atomic E-state index is 13.1. The molecule has 1 aromatic heterocycles. The molecule has 0 saturated carbocycles. The first-order valence-corrected chi connectivity index (χ1v) is 7.39. The number of aromatic nitrogens is 2. The van der Waals surface area contributed by atoms with Gasteiger partial charge in [-0.25, -0.2) is 9.97 Å². The normalized spacial score (nSPS) is 12.8. The van der Waals surface area contributed by atoms with Crippen LogP contribution in [0.1, 0.15) is 25.8 Å². The molecule has 0 saturated heterocycles. The quantitative estimate of drug-likeness (QED) is 0.792. The van der Waals surface area contributed by atoms with Gasteiger partial charge in [-0.1, -0.05) is 18.5 Å². The Morgan fingerprint density at radius 1 is 1.17 bits per heavy atom. The Morgan fingerprint density at radius 2 is 1.87 bits per heavy atom. The van der Waals surface area contributed by atoms with E-state index in [0.717, 1.165) is 12.5 Å². The molecule has 0 aliphatic rings. The molecule has 0 aliphatic heterocycles. The second-order valence-electron chi connectivity index (χ2n) is 5.05. The first-order valence-electron chi connectivity index (χ1n) is 7.02. The van der Waals surface area contributed by atoms with Crippen molar-refractivity contribution >= 4 is 28.9 Å². The van der Waals surface area contributed by atoms with Gasteiger partial charge in [0, 0.05) is 17.1 Å². The fraction of sp³-hybridized carbons (Fsp3) is 0.333.